The molecule has 136 valence electrons. The number of benzene rings is 1. The van der Waals surface area contributed by atoms with Crippen molar-refractivity contribution in [1.82, 2.24) is 25.5 Å². The average Bonchev–Trinajstić information content (AvgIpc) is 3.27. The second-order valence-electron chi connectivity index (χ2n) is 5.87. The number of carbonyl (C=O) groups excluding carboxylic acids is 1. The number of rotatable bonds is 8. The molecule has 1 aromatic carbocycles. The minimum Gasteiger partial charge on any atom is -0.351 e. The predicted octanol–water partition coefficient (Wildman–Crippen LogP) is 2.83. The molecule has 0 aliphatic carbocycles. The average molecular weight is 370 g/mol. The molecule has 0 unspecified atom stereocenters. The van der Waals surface area contributed by atoms with Crippen molar-refractivity contribution in [2.24, 2.45) is 0 Å². The lowest BCUT2D eigenvalue weighted by molar-refractivity contribution is 0.0959. The van der Waals surface area contributed by atoms with Crippen LogP contribution in [-0.4, -0.2) is 39.2 Å². The molecule has 0 aliphatic rings. The van der Waals surface area contributed by atoms with E-state index in [0.717, 1.165) is 23.4 Å². The predicted molar refractivity (Wildman–Crippen MR) is 103 cm³/mol. The normalized spacial score (nSPS) is 10.7. The van der Waals surface area contributed by atoms with Crippen LogP contribution < -0.4 is 10.6 Å². The van der Waals surface area contributed by atoms with E-state index < -0.39 is 0 Å². The van der Waals surface area contributed by atoms with Crippen LogP contribution in [0.5, 0.6) is 0 Å². The molecule has 0 bridgehead atoms. The number of carbonyl (C=O) groups is 1. The van der Waals surface area contributed by atoms with Crippen LogP contribution in [0.4, 0.5) is 5.95 Å². The number of tetrazole rings is 1. The summed E-state index contributed by atoms with van der Waals surface area (Å²) in [6.45, 7) is 5.23. The van der Waals surface area contributed by atoms with Gasteiger partial charge in [0.2, 0.25) is 5.95 Å². The van der Waals surface area contributed by atoms with Crippen molar-refractivity contribution in [3.05, 3.63) is 51.7 Å². The third kappa shape index (κ3) is 4.26. The molecule has 26 heavy (non-hydrogen) atoms. The van der Waals surface area contributed by atoms with Gasteiger partial charge < -0.3 is 10.6 Å². The molecule has 0 aliphatic heterocycles. The minimum atomic E-state index is -0.0371. The van der Waals surface area contributed by atoms with Crippen molar-refractivity contribution in [3.8, 4) is 5.69 Å². The van der Waals surface area contributed by atoms with Crippen molar-refractivity contribution in [3.63, 3.8) is 0 Å². The summed E-state index contributed by atoms with van der Waals surface area (Å²) in [5.74, 6) is 0.507. The van der Waals surface area contributed by atoms with Crippen LogP contribution in [0.3, 0.4) is 0 Å². The zero-order chi connectivity index (χ0) is 18.4. The van der Waals surface area contributed by atoms with E-state index >= 15 is 0 Å². The maximum atomic E-state index is 12.3. The van der Waals surface area contributed by atoms with Crippen LogP contribution in [0.25, 0.3) is 5.69 Å². The number of hydrogen-bond donors (Lipinski definition) is 2. The van der Waals surface area contributed by atoms with Crippen LogP contribution in [0, 0.1) is 6.92 Å². The standard InChI is InChI=1S/C18H22N6OS/c1-3-7-14-12-16(26-13(14)2)17(25)19-10-11-20-18-21-22-23-24(18)15-8-5-4-6-9-15/h4-6,8-9,12H,3,7,10-11H2,1-2H3,(H,19,25)(H,20,21,23). The van der Waals surface area contributed by atoms with Crippen LogP contribution in [0.15, 0.2) is 36.4 Å². The van der Waals surface area contributed by atoms with E-state index in [1.807, 2.05) is 36.4 Å². The smallest absolute Gasteiger partial charge is 0.261 e. The first-order valence-electron chi connectivity index (χ1n) is 8.64. The topological polar surface area (TPSA) is 84.7 Å². The zero-order valence-corrected chi connectivity index (χ0v) is 15.7. The summed E-state index contributed by atoms with van der Waals surface area (Å²) in [4.78, 5) is 14.3. The van der Waals surface area contributed by atoms with Gasteiger partial charge in [0.25, 0.3) is 5.91 Å². The Morgan fingerprint density at radius 3 is 2.81 bits per heavy atom. The van der Waals surface area contributed by atoms with Gasteiger partial charge >= 0.3 is 0 Å². The van der Waals surface area contributed by atoms with Crippen molar-refractivity contribution in [2.45, 2.75) is 26.7 Å². The zero-order valence-electron chi connectivity index (χ0n) is 14.9. The minimum absolute atomic E-state index is 0.0371. The van der Waals surface area contributed by atoms with Crippen molar-refractivity contribution in [1.29, 1.82) is 0 Å². The fraction of sp³-hybridized carbons (Fsp3) is 0.333. The first-order chi connectivity index (χ1) is 12.7. The maximum absolute atomic E-state index is 12.3. The molecule has 2 aromatic heterocycles. The second-order valence-corrected chi connectivity index (χ2v) is 7.13. The lowest BCUT2D eigenvalue weighted by Crippen LogP contribution is -2.28. The lowest BCUT2D eigenvalue weighted by Gasteiger charge is -2.07. The van der Waals surface area contributed by atoms with Gasteiger partial charge in [0, 0.05) is 18.0 Å². The summed E-state index contributed by atoms with van der Waals surface area (Å²) in [6, 6.07) is 11.7. The monoisotopic (exact) mass is 370 g/mol. The summed E-state index contributed by atoms with van der Waals surface area (Å²) < 4.78 is 1.63. The van der Waals surface area contributed by atoms with Gasteiger partial charge in [0.1, 0.15) is 0 Å². The van der Waals surface area contributed by atoms with E-state index in [2.05, 4.69) is 40.0 Å². The fourth-order valence-corrected chi connectivity index (χ4v) is 3.62. The van der Waals surface area contributed by atoms with Gasteiger partial charge in [-0.25, -0.2) is 0 Å². The molecule has 0 spiro atoms. The third-order valence-electron chi connectivity index (χ3n) is 3.93. The Morgan fingerprint density at radius 1 is 1.23 bits per heavy atom. The Balaban J connectivity index is 1.51. The number of para-hydroxylation sites is 1. The summed E-state index contributed by atoms with van der Waals surface area (Å²) in [5.41, 5.74) is 2.14. The molecule has 1 amide bonds. The highest BCUT2D eigenvalue weighted by Gasteiger charge is 2.12. The maximum Gasteiger partial charge on any atom is 0.261 e. The van der Waals surface area contributed by atoms with E-state index in [4.69, 9.17) is 0 Å². The first-order valence-corrected chi connectivity index (χ1v) is 9.46. The molecule has 0 saturated heterocycles. The van der Waals surface area contributed by atoms with Crippen molar-refractivity contribution < 1.29 is 4.79 Å². The summed E-state index contributed by atoms with van der Waals surface area (Å²) in [6.07, 6.45) is 2.10. The van der Waals surface area contributed by atoms with Crippen molar-refractivity contribution in [2.75, 3.05) is 18.4 Å². The van der Waals surface area contributed by atoms with E-state index in [1.54, 1.807) is 16.0 Å². The Bertz CT molecular complexity index is 858. The van der Waals surface area contributed by atoms with Gasteiger partial charge in [0.05, 0.1) is 10.6 Å². The molecule has 0 atom stereocenters. The molecular formula is C18H22N6OS. The third-order valence-corrected chi connectivity index (χ3v) is 5.02. The van der Waals surface area contributed by atoms with Gasteiger partial charge in [0.15, 0.2) is 0 Å². The summed E-state index contributed by atoms with van der Waals surface area (Å²) in [7, 11) is 0. The molecule has 2 heterocycles. The molecule has 7 nitrogen and oxygen atoms in total. The molecule has 3 rings (SSSR count). The number of aryl methyl sites for hydroxylation is 2. The highest BCUT2D eigenvalue weighted by atomic mass is 32.1. The Labute approximate surface area is 156 Å². The molecule has 3 aromatic rings. The Hall–Kier alpha value is -2.74. The van der Waals surface area contributed by atoms with Crippen molar-refractivity contribution >= 4 is 23.2 Å². The van der Waals surface area contributed by atoms with Crippen LogP contribution in [-0.2, 0) is 6.42 Å². The lowest BCUT2D eigenvalue weighted by atomic mass is 10.1. The SMILES string of the molecule is CCCc1cc(C(=O)NCCNc2nnnn2-c2ccccc2)sc1C. The van der Waals surface area contributed by atoms with Gasteiger partial charge in [-0.05, 0) is 47.5 Å². The highest BCUT2D eigenvalue weighted by molar-refractivity contribution is 7.14. The molecule has 0 saturated carbocycles. The van der Waals surface area contributed by atoms with E-state index in [0.29, 0.717) is 19.0 Å². The molecule has 8 heteroatoms. The molecule has 2 N–H and O–H groups in total. The number of thiophene rings is 1. The second kappa shape index (κ2) is 8.57. The number of aromatic nitrogens is 4. The molecule has 0 radical (unpaired) electrons. The number of anilines is 1. The largest absolute Gasteiger partial charge is 0.351 e. The Morgan fingerprint density at radius 2 is 2.04 bits per heavy atom. The van der Waals surface area contributed by atoms with E-state index in [1.165, 1.54) is 10.4 Å². The number of amides is 1. The van der Waals surface area contributed by atoms with Gasteiger partial charge in [-0.15, -0.1) is 11.3 Å². The van der Waals surface area contributed by atoms with Crippen LogP contribution in [0.1, 0.15) is 33.5 Å². The van der Waals surface area contributed by atoms with Gasteiger partial charge in [-0.3, -0.25) is 4.79 Å². The van der Waals surface area contributed by atoms with Crippen LogP contribution in [0.2, 0.25) is 0 Å². The number of nitrogens with one attached hydrogen (secondary N) is 2. The number of hydrogen-bond acceptors (Lipinski definition) is 6. The van der Waals surface area contributed by atoms with E-state index in [9.17, 15) is 4.79 Å². The molecule has 0 fully saturated rings. The number of nitrogens with zero attached hydrogens (tertiary/aromatic N) is 4. The van der Waals surface area contributed by atoms with Gasteiger partial charge in [-0.2, -0.15) is 4.68 Å². The van der Waals surface area contributed by atoms with E-state index in [-0.39, 0.29) is 5.91 Å². The Kier molecular flexibility index (Phi) is 5.96. The summed E-state index contributed by atoms with van der Waals surface area (Å²) in [5, 5.41) is 17.8. The molecular weight excluding hydrogens is 348 g/mol. The first kappa shape index (κ1) is 18.1. The van der Waals surface area contributed by atoms with Gasteiger partial charge in [-0.1, -0.05) is 36.6 Å². The summed E-state index contributed by atoms with van der Waals surface area (Å²) >= 11 is 1.55. The fourth-order valence-electron chi connectivity index (χ4n) is 2.63. The highest BCUT2D eigenvalue weighted by Crippen LogP contribution is 2.22. The quantitative estimate of drug-likeness (QED) is 0.596. The van der Waals surface area contributed by atoms with Crippen LogP contribution >= 0.6 is 11.3 Å².